The van der Waals surface area contributed by atoms with Gasteiger partial charge in [0, 0.05) is 5.56 Å². The minimum absolute atomic E-state index is 0.604. The highest BCUT2D eigenvalue weighted by atomic mass is 16.5. The molecular weight excluding hydrogens is 272 g/mol. The van der Waals surface area contributed by atoms with Crippen LogP contribution in [0.4, 0.5) is 0 Å². The van der Waals surface area contributed by atoms with Gasteiger partial charge in [-0.25, -0.2) is 0 Å². The second kappa shape index (κ2) is 6.04. The van der Waals surface area contributed by atoms with E-state index in [1.165, 1.54) is 27.8 Å². The Morgan fingerprint density at radius 1 is 0.909 bits per heavy atom. The first-order valence-corrected chi connectivity index (χ1v) is 7.87. The van der Waals surface area contributed by atoms with Crippen LogP contribution in [0.2, 0.25) is 0 Å². The fraction of sp³-hybridized carbons (Fsp3) is 0.350. The molecule has 2 nitrogen and oxygen atoms in total. The van der Waals surface area contributed by atoms with E-state index in [0.717, 1.165) is 30.4 Å². The molecule has 0 fully saturated rings. The molecule has 3 rings (SSSR count). The largest absolute Gasteiger partial charge is 0.488 e. The molecule has 0 saturated heterocycles. The van der Waals surface area contributed by atoms with Crippen molar-refractivity contribution in [2.75, 3.05) is 0 Å². The molecule has 2 aromatic carbocycles. The molecule has 1 aliphatic rings. The molecule has 0 bridgehead atoms. The van der Waals surface area contributed by atoms with Crippen LogP contribution in [0.5, 0.6) is 11.5 Å². The number of benzene rings is 2. The van der Waals surface area contributed by atoms with Crippen molar-refractivity contribution < 1.29 is 9.47 Å². The van der Waals surface area contributed by atoms with Crippen molar-refractivity contribution in [1.29, 1.82) is 0 Å². The highest BCUT2D eigenvalue weighted by Crippen LogP contribution is 2.42. The van der Waals surface area contributed by atoms with Gasteiger partial charge in [0.15, 0.2) is 0 Å². The summed E-state index contributed by atoms with van der Waals surface area (Å²) >= 11 is 0. The van der Waals surface area contributed by atoms with Gasteiger partial charge in [-0.1, -0.05) is 30.3 Å². The van der Waals surface area contributed by atoms with Gasteiger partial charge in [0.2, 0.25) is 0 Å². The van der Waals surface area contributed by atoms with E-state index in [2.05, 4.69) is 39.8 Å². The molecule has 2 aromatic rings. The molecule has 0 unspecified atom stereocenters. The molecule has 22 heavy (non-hydrogen) atoms. The molecular formula is C20H23O2. The first-order valence-electron chi connectivity index (χ1n) is 7.87. The van der Waals surface area contributed by atoms with E-state index >= 15 is 0 Å². The second-order valence-electron chi connectivity index (χ2n) is 6.09. The van der Waals surface area contributed by atoms with Crippen LogP contribution >= 0.6 is 0 Å². The standard InChI is InChI=1S/C20H23O2/c1-13-10-11-18-16(4)19(14(2)15(3)20(18)22-13)21-12-17-8-6-5-7-9-17/h5-9H,10-12H2,1-4H3. The molecule has 1 heterocycles. The summed E-state index contributed by atoms with van der Waals surface area (Å²) in [7, 11) is 0. The minimum atomic E-state index is 0.604. The van der Waals surface area contributed by atoms with E-state index in [1.54, 1.807) is 0 Å². The van der Waals surface area contributed by atoms with Crippen molar-refractivity contribution in [2.24, 2.45) is 0 Å². The van der Waals surface area contributed by atoms with Gasteiger partial charge in [-0.05, 0) is 62.8 Å². The summed E-state index contributed by atoms with van der Waals surface area (Å²) in [6.07, 6.45) is 3.14. The van der Waals surface area contributed by atoms with Crippen LogP contribution in [0.25, 0.3) is 0 Å². The van der Waals surface area contributed by atoms with E-state index in [9.17, 15) is 0 Å². The number of rotatable bonds is 3. The fourth-order valence-corrected chi connectivity index (χ4v) is 3.07. The monoisotopic (exact) mass is 295 g/mol. The number of ether oxygens (including phenoxy) is 2. The zero-order chi connectivity index (χ0) is 15.7. The predicted molar refractivity (Wildman–Crippen MR) is 89.3 cm³/mol. The van der Waals surface area contributed by atoms with Gasteiger partial charge in [0.1, 0.15) is 24.2 Å². The van der Waals surface area contributed by atoms with Crippen molar-refractivity contribution in [2.45, 2.75) is 47.1 Å². The Morgan fingerprint density at radius 2 is 1.64 bits per heavy atom. The lowest BCUT2D eigenvalue weighted by Crippen LogP contribution is -2.15. The number of hydrogen-bond acceptors (Lipinski definition) is 2. The minimum Gasteiger partial charge on any atom is -0.488 e. The highest BCUT2D eigenvalue weighted by Gasteiger charge is 2.25. The maximum atomic E-state index is 6.17. The molecule has 0 saturated carbocycles. The molecule has 0 N–H and O–H groups in total. The zero-order valence-electron chi connectivity index (χ0n) is 13.8. The Labute approximate surface area is 133 Å². The first-order chi connectivity index (χ1) is 10.6. The summed E-state index contributed by atoms with van der Waals surface area (Å²) in [5.74, 6) is 2.06. The Balaban J connectivity index is 1.93. The topological polar surface area (TPSA) is 18.5 Å². The third-order valence-corrected chi connectivity index (χ3v) is 4.54. The van der Waals surface area contributed by atoms with Crippen LogP contribution in [-0.4, -0.2) is 0 Å². The second-order valence-corrected chi connectivity index (χ2v) is 6.09. The van der Waals surface area contributed by atoms with Gasteiger partial charge < -0.3 is 9.47 Å². The molecule has 1 radical (unpaired) electrons. The van der Waals surface area contributed by atoms with Gasteiger partial charge in [-0.2, -0.15) is 0 Å². The quantitative estimate of drug-likeness (QED) is 0.787. The molecule has 2 heteroatoms. The van der Waals surface area contributed by atoms with Crippen LogP contribution in [0, 0.1) is 26.9 Å². The van der Waals surface area contributed by atoms with Crippen molar-refractivity contribution in [3.05, 3.63) is 64.3 Å². The van der Waals surface area contributed by atoms with Gasteiger partial charge in [-0.15, -0.1) is 0 Å². The average Bonchev–Trinajstić information content (AvgIpc) is 2.53. The molecule has 0 aliphatic carbocycles. The lowest BCUT2D eigenvalue weighted by molar-refractivity contribution is 0.282. The third-order valence-electron chi connectivity index (χ3n) is 4.54. The van der Waals surface area contributed by atoms with Gasteiger partial charge >= 0.3 is 0 Å². The normalized spacial score (nSPS) is 14.4. The molecule has 0 spiro atoms. The first kappa shape index (κ1) is 15.0. The summed E-state index contributed by atoms with van der Waals surface area (Å²) in [5, 5.41) is 0. The van der Waals surface area contributed by atoms with Crippen LogP contribution < -0.4 is 9.47 Å². The maximum absolute atomic E-state index is 6.17. The maximum Gasteiger partial charge on any atom is 0.146 e. The Kier molecular flexibility index (Phi) is 4.10. The van der Waals surface area contributed by atoms with Crippen LogP contribution in [0.3, 0.4) is 0 Å². The van der Waals surface area contributed by atoms with Crippen molar-refractivity contribution in [1.82, 2.24) is 0 Å². The molecule has 0 atom stereocenters. The van der Waals surface area contributed by atoms with E-state index < -0.39 is 0 Å². The van der Waals surface area contributed by atoms with Crippen molar-refractivity contribution in [3.8, 4) is 11.5 Å². The Morgan fingerprint density at radius 3 is 2.36 bits per heavy atom. The summed E-state index contributed by atoms with van der Waals surface area (Å²) in [4.78, 5) is 0. The molecule has 1 aliphatic heterocycles. The van der Waals surface area contributed by atoms with E-state index in [-0.39, 0.29) is 0 Å². The Hall–Kier alpha value is -1.96. The highest BCUT2D eigenvalue weighted by molar-refractivity contribution is 5.59. The molecule has 115 valence electrons. The van der Waals surface area contributed by atoms with Crippen molar-refractivity contribution >= 4 is 0 Å². The van der Waals surface area contributed by atoms with E-state index in [1.807, 2.05) is 18.2 Å². The Bertz CT molecular complexity index is 674. The van der Waals surface area contributed by atoms with E-state index in [0.29, 0.717) is 6.61 Å². The lowest BCUT2D eigenvalue weighted by atomic mass is 9.92. The van der Waals surface area contributed by atoms with E-state index in [4.69, 9.17) is 9.47 Å². The predicted octanol–water partition coefficient (Wildman–Crippen LogP) is 5.07. The van der Waals surface area contributed by atoms with Gasteiger partial charge in [0.05, 0.1) is 0 Å². The smallest absolute Gasteiger partial charge is 0.146 e. The number of hydrogen-bond donors (Lipinski definition) is 0. The van der Waals surface area contributed by atoms with Gasteiger partial charge in [-0.3, -0.25) is 0 Å². The zero-order valence-corrected chi connectivity index (χ0v) is 13.8. The molecule has 0 amide bonds. The molecule has 0 aromatic heterocycles. The van der Waals surface area contributed by atoms with Crippen LogP contribution in [-0.2, 0) is 13.0 Å². The SMILES string of the molecule is C[C]1CCc2c(C)c(OCc3ccccc3)c(C)c(C)c2O1. The lowest BCUT2D eigenvalue weighted by Gasteiger charge is -2.28. The summed E-state index contributed by atoms with van der Waals surface area (Å²) in [5.41, 5.74) is 6.10. The summed E-state index contributed by atoms with van der Waals surface area (Å²) in [6, 6.07) is 10.3. The van der Waals surface area contributed by atoms with Crippen LogP contribution in [0.1, 0.15) is 41.2 Å². The van der Waals surface area contributed by atoms with Crippen molar-refractivity contribution in [3.63, 3.8) is 0 Å². The average molecular weight is 295 g/mol. The van der Waals surface area contributed by atoms with Gasteiger partial charge in [0.25, 0.3) is 0 Å². The summed E-state index contributed by atoms with van der Waals surface area (Å²) < 4.78 is 12.2. The van der Waals surface area contributed by atoms with Crippen LogP contribution in [0.15, 0.2) is 30.3 Å². The summed E-state index contributed by atoms with van der Waals surface area (Å²) in [6.45, 7) is 9.06. The third kappa shape index (κ3) is 2.70. The fourth-order valence-electron chi connectivity index (χ4n) is 3.07. The number of fused-ring (bicyclic) bond motifs is 1.